The third-order valence-electron chi connectivity index (χ3n) is 1.85. The molecule has 0 heterocycles. The summed E-state index contributed by atoms with van der Waals surface area (Å²) in [4.78, 5) is 21.6. The molecule has 92 valence electrons. The Bertz CT molecular complexity index is 409. The van der Waals surface area contributed by atoms with E-state index in [0.717, 1.165) is 0 Å². The largest absolute Gasteiger partial charge is 0.493 e. The van der Waals surface area contributed by atoms with Gasteiger partial charge in [-0.2, -0.15) is 0 Å². The summed E-state index contributed by atoms with van der Waals surface area (Å²) >= 11 is 5.76. The summed E-state index contributed by atoms with van der Waals surface area (Å²) < 4.78 is 5.30. The number of carbonyl (C=O) groups excluding carboxylic acids is 2. The van der Waals surface area contributed by atoms with E-state index in [9.17, 15) is 9.59 Å². The maximum atomic E-state index is 11.2. The summed E-state index contributed by atoms with van der Waals surface area (Å²) in [6.45, 7) is 0.0565. The number of halogens is 1. The Balaban J connectivity index is 2.23. The second-order valence-electron chi connectivity index (χ2n) is 3.30. The van der Waals surface area contributed by atoms with Gasteiger partial charge in [0.25, 0.3) is 0 Å². The van der Waals surface area contributed by atoms with Crippen LogP contribution in [0.4, 0.5) is 0 Å². The van der Waals surface area contributed by atoms with Crippen molar-refractivity contribution in [3.63, 3.8) is 0 Å². The van der Waals surface area contributed by atoms with E-state index in [1.807, 2.05) is 0 Å². The number of nitrogens with one attached hydrogen (secondary N) is 1. The van der Waals surface area contributed by atoms with Crippen molar-refractivity contribution in [2.45, 2.75) is 6.42 Å². The number of hydrogen-bond donors (Lipinski definition) is 2. The van der Waals surface area contributed by atoms with Crippen LogP contribution in [-0.4, -0.2) is 25.0 Å². The lowest BCUT2D eigenvalue weighted by Crippen LogP contribution is -2.33. The highest BCUT2D eigenvalue weighted by molar-refractivity contribution is 6.30. The molecule has 0 unspecified atom stereocenters. The number of rotatable bonds is 6. The van der Waals surface area contributed by atoms with E-state index in [1.54, 1.807) is 24.3 Å². The standard InChI is InChI=1S/C11H13ClN2O3/c12-8-2-1-3-9(6-8)17-5-4-11(16)14-7-10(13)15/h1-3,6H,4-5,7H2,(H2,13,15)(H,14,16). The van der Waals surface area contributed by atoms with Crippen LogP contribution >= 0.6 is 11.6 Å². The van der Waals surface area contributed by atoms with Crippen LogP contribution in [0.2, 0.25) is 5.02 Å². The molecule has 1 rings (SSSR count). The van der Waals surface area contributed by atoms with Crippen LogP contribution in [0.5, 0.6) is 5.75 Å². The smallest absolute Gasteiger partial charge is 0.236 e. The summed E-state index contributed by atoms with van der Waals surface area (Å²) in [5.41, 5.74) is 4.88. The Morgan fingerprint density at radius 1 is 1.41 bits per heavy atom. The molecule has 6 heteroatoms. The first-order valence-corrected chi connectivity index (χ1v) is 5.39. The molecule has 0 aromatic heterocycles. The summed E-state index contributed by atoms with van der Waals surface area (Å²) in [6.07, 6.45) is 0.153. The second kappa shape index (κ2) is 6.75. The molecule has 0 radical (unpaired) electrons. The van der Waals surface area contributed by atoms with E-state index in [0.29, 0.717) is 10.8 Å². The van der Waals surface area contributed by atoms with Gasteiger partial charge in [0.2, 0.25) is 11.8 Å². The molecule has 17 heavy (non-hydrogen) atoms. The molecule has 3 N–H and O–H groups in total. The molecular formula is C11H13ClN2O3. The fraction of sp³-hybridized carbons (Fsp3) is 0.273. The minimum absolute atomic E-state index is 0.153. The molecule has 0 atom stereocenters. The lowest BCUT2D eigenvalue weighted by molar-refractivity contribution is -0.125. The average Bonchev–Trinajstić information content (AvgIpc) is 2.26. The van der Waals surface area contributed by atoms with E-state index in [1.165, 1.54) is 0 Å². The SMILES string of the molecule is NC(=O)CNC(=O)CCOc1cccc(Cl)c1. The fourth-order valence-corrected chi connectivity index (χ4v) is 1.27. The molecule has 5 nitrogen and oxygen atoms in total. The monoisotopic (exact) mass is 256 g/mol. The van der Waals surface area contributed by atoms with Crippen molar-refractivity contribution < 1.29 is 14.3 Å². The van der Waals surface area contributed by atoms with Crippen LogP contribution in [0, 0.1) is 0 Å². The van der Waals surface area contributed by atoms with E-state index >= 15 is 0 Å². The molecular weight excluding hydrogens is 244 g/mol. The fourth-order valence-electron chi connectivity index (χ4n) is 1.09. The zero-order valence-corrected chi connectivity index (χ0v) is 9.87. The Hall–Kier alpha value is -1.75. The van der Waals surface area contributed by atoms with Crippen LogP contribution in [0.15, 0.2) is 24.3 Å². The number of primary amides is 1. The minimum atomic E-state index is -0.575. The maximum Gasteiger partial charge on any atom is 0.236 e. The van der Waals surface area contributed by atoms with Crippen LogP contribution in [0.1, 0.15) is 6.42 Å². The van der Waals surface area contributed by atoms with Gasteiger partial charge >= 0.3 is 0 Å². The maximum absolute atomic E-state index is 11.2. The van der Waals surface area contributed by atoms with Gasteiger partial charge in [-0.25, -0.2) is 0 Å². The highest BCUT2D eigenvalue weighted by atomic mass is 35.5. The van der Waals surface area contributed by atoms with Crippen molar-refractivity contribution in [3.05, 3.63) is 29.3 Å². The Labute approximate surface area is 104 Å². The van der Waals surface area contributed by atoms with Crippen molar-refractivity contribution in [3.8, 4) is 5.75 Å². The first-order valence-electron chi connectivity index (χ1n) is 5.01. The van der Waals surface area contributed by atoms with Gasteiger partial charge in [-0.15, -0.1) is 0 Å². The lowest BCUT2D eigenvalue weighted by atomic mass is 10.3. The van der Waals surface area contributed by atoms with Gasteiger partial charge in [0.05, 0.1) is 19.6 Å². The minimum Gasteiger partial charge on any atom is -0.493 e. The normalized spacial score (nSPS) is 9.71. The van der Waals surface area contributed by atoms with E-state index in [2.05, 4.69) is 5.32 Å². The van der Waals surface area contributed by atoms with E-state index in [4.69, 9.17) is 22.1 Å². The van der Waals surface area contributed by atoms with Gasteiger partial charge in [0, 0.05) is 5.02 Å². The molecule has 0 aliphatic carbocycles. The third-order valence-corrected chi connectivity index (χ3v) is 2.09. The number of carbonyl (C=O) groups is 2. The molecule has 0 bridgehead atoms. The first-order chi connectivity index (χ1) is 8.08. The van der Waals surface area contributed by atoms with Crippen LogP contribution in [0.3, 0.4) is 0 Å². The van der Waals surface area contributed by atoms with Gasteiger partial charge < -0.3 is 15.8 Å². The third kappa shape index (κ3) is 5.77. The van der Waals surface area contributed by atoms with Crippen LogP contribution in [-0.2, 0) is 9.59 Å². The number of benzene rings is 1. The Kier molecular flexibility index (Phi) is 5.29. The number of hydrogen-bond acceptors (Lipinski definition) is 3. The Morgan fingerprint density at radius 2 is 2.18 bits per heavy atom. The Morgan fingerprint density at radius 3 is 2.82 bits per heavy atom. The molecule has 1 aromatic carbocycles. The summed E-state index contributed by atoms with van der Waals surface area (Å²) in [5, 5.41) is 2.93. The van der Waals surface area contributed by atoms with Gasteiger partial charge in [-0.3, -0.25) is 9.59 Å². The van der Waals surface area contributed by atoms with E-state index < -0.39 is 5.91 Å². The number of nitrogens with two attached hydrogens (primary N) is 1. The van der Waals surface area contributed by atoms with Crippen molar-refractivity contribution in [2.24, 2.45) is 5.73 Å². The van der Waals surface area contributed by atoms with Crippen molar-refractivity contribution in [2.75, 3.05) is 13.2 Å². The topological polar surface area (TPSA) is 81.4 Å². The molecule has 2 amide bonds. The van der Waals surface area contributed by atoms with Crippen molar-refractivity contribution in [1.82, 2.24) is 5.32 Å². The summed E-state index contributed by atoms with van der Waals surface area (Å²) in [5.74, 6) is -0.264. The molecule has 0 fully saturated rings. The van der Waals surface area contributed by atoms with Crippen molar-refractivity contribution >= 4 is 23.4 Å². The predicted octanol–water partition coefficient (Wildman–Crippen LogP) is 0.710. The highest BCUT2D eigenvalue weighted by Gasteiger charge is 2.03. The molecule has 0 saturated carbocycles. The molecule has 0 spiro atoms. The number of amides is 2. The van der Waals surface area contributed by atoms with Gasteiger partial charge in [0.1, 0.15) is 5.75 Å². The molecule has 0 aliphatic heterocycles. The number of ether oxygens (including phenoxy) is 1. The van der Waals surface area contributed by atoms with Gasteiger partial charge in [0.15, 0.2) is 0 Å². The van der Waals surface area contributed by atoms with E-state index in [-0.39, 0.29) is 25.5 Å². The average molecular weight is 257 g/mol. The zero-order chi connectivity index (χ0) is 12.7. The quantitative estimate of drug-likeness (QED) is 0.787. The first kappa shape index (κ1) is 13.3. The van der Waals surface area contributed by atoms with Gasteiger partial charge in [-0.05, 0) is 18.2 Å². The van der Waals surface area contributed by atoms with Crippen LogP contribution < -0.4 is 15.8 Å². The zero-order valence-electron chi connectivity index (χ0n) is 9.11. The summed E-state index contributed by atoms with van der Waals surface area (Å²) in [6, 6.07) is 6.88. The second-order valence-corrected chi connectivity index (χ2v) is 3.74. The van der Waals surface area contributed by atoms with Crippen LogP contribution in [0.25, 0.3) is 0 Å². The predicted molar refractivity (Wildman–Crippen MR) is 63.8 cm³/mol. The highest BCUT2D eigenvalue weighted by Crippen LogP contribution is 2.16. The summed E-state index contributed by atoms with van der Waals surface area (Å²) in [7, 11) is 0. The molecule has 1 aromatic rings. The van der Waals surface area contributed by atoms with Crippen molar-refractivity contribution in [1.29, 1.82) is 0 Å². The molecule has 0 saturated heterocycles. The molecule has 0 aliphatic rings. The lowest BCUT2D eigenvalue weighted by Gasteiger charge is -2.06. The van der Waals surface area contributed by atoms with Gasteiger partial charge in [-0.1, -0.05) is 17.7 Å².